The van der Waals surface area contributed by atoms with Gasteiger partial charge in [0.25, 0.3) is 11.4 Å². The number of benzene rings is 1. The van der Waals surface area contributed by atoms with E-state index in [4.69, 9.17) is 11.0 Å². The molecular formula is C29H32FN7O2. The lowest BCUT2D eigenvalue weighted by atomic mass is 9.97. The van der Waals surface area contributed by atoms with Crippen LogP contribution in [0.4, 0.5) is 15.9 Å². The normalized spacial score (nSPS) is 19.3. The first kappa shape index (κ1) is 26.5. The van der Waals surface area contributed by atoms with Crippen LogP contribution in [0.5, 0.6) is 0 Å². The molecule has 9 nitrogen and oxygen atoms in total. The first-order valence-corrected chi connectivity index (χ1v) is 13.0. The summed E-state index contributed by atoms with van der Waals surface area (Å²) in [6, 6.07) is 11.0. The fraction of sp³-hybridized carbons (Fsp3) is 0.414. The van der Waals surface area contributed by atoms with E-state index >= 15 is 0 Å². The number of anilines is 1. The first-order chi connectivity index (χ1) is 18.5. The van der Waals surface area contributed by atoms with Crippen LogP contribution >= 0.6 is 0 Å². The maximum absolute atomic E-state index is 13.9. The summed E-state index contributed by atoms with van der Waals surface area (Å²) in [5.74, 6) is 0.969. The van der Waals surface area contributed by atoms with Crippen molar-refractivity contribution in [3.8, 4) is 0 Å². The Morgan fingerprint density at radius 1 is 1.08 bits per heavy atom. The summed E-state index contributed by atoms with van der Waals surface area (Å²) in [4.78, 5) is 25.4. The second kappa shape index (κ2) is 9.89. The quantitative estimate of drug-likeness (QED) is 0.344. The van der Waals surface area contributed by atoms with Gasteiger partial charge in [-0.1, -0.05) is 39.5 Å². The van der Waals surface area contributed by atoms with Crippen molar-refractivity contribution in [1.82, 2.24) is 24.6 Å². The van der Waals surface area contributed by atoms with Crippen LogP contribution in [0.15, 0.2) is 51.7 Å². The molecule has 3 aromatic heterocycles. The molecule has 5 rings (SSSR count). The van der Waals surface area contributed by atoms with Gasteiger partial charge in [-0.3, -0.25) is 9.69 Å². The van der Waals surface area contributed by atoms with Gasteiger partial charge in [0.15, 0.2) is 0 Å². The van der Waals surface area contributed by atoms with Gasteiger partial charge < -0.3 is 18.7 Å². The number of hydrogen-bond donors (Lipinski definition) is 0. The molecule has 1 aliphatic rings. The monoisotopic (exact) mass is 529 g/mol. The molecule has 3 atom stereocenters. The number of halogens is 1. The molecule has 1 aliphatic heterocycles. The molecule has 10 heteroatoms. The fourth-order valence-electron chi connectivity index (χ4n) is 5.20. The van der Waals surface area contributed by atoms with Gasteiger partial charge in [0, 0.05) is 43.7 Å². The van der Waals surface area contributed by atoms with Crippen molar-refractivity contribution in [2.24, 2.45) is 7.05 Å². The number of piperazine rings is 1. The largest absolute Gasteiger partial charge is 0.423 e. The molecule has 0 saturated carbocycles. The van der Waals surface area contributed by atoms with Crippen LogP contribution in [0.2, 0.25) is 0 Å². The van der Waals surface area contributed by atoms with Gasteiger partial charge in [-0.2, -0.15) is 0 Å². The van der Waals surface area contributed by atoms with Crippen LogP contribution in [-0.2, 0) is 12.5 Å². The Kier molecular flexibility index (Phi) is 6.72. The standard InChI is InChI=1S/C29H32FN7O2/c1-17-16-37(26(19-8-10-20(30)11-9-19)27-33-34-28(39-27)29(3,4)5)18(2)15-36(17)22-14-24(38)35(7)21-12-13-23(31-6)32-25(21)22/h8-14,17-18,26H,15-16H2,1-5,7H3/t17-,18+,26?/m0/s1. The fourth-order valence-corrected chi connectivity index (χ4v) is 5.20. The molecule has 1 aromatic carbocycles. The Balaban J connectivity index is 1.55. The number of aryl methyl sites for hydroxylation is 1. The van der Waals surface area contributed by atoms with Gasteiger partial charge >= 0.3 is 0 Å². The second-order valence-corrected chi connectivity index (χ2v) is 11.3. The summed E-state index contributed by atoms with van der Waals surface area (Å²) in [6.07, 6.45) is 0. The third-order valence-electron chi connectivity index (χ3n) is 7.35. The predicted molar refractivity (Wildman–Crippen MR) is 147 cm³/mol. The third-order valence-corrected chi connectivity index (χ3v) is 7.35. The predicted octanol–water partition coefficient (Wildman–Crippen LogP) is 4.99. The van der Waals surface area contributed by atoms with E-state index < -0.39 is 0 Å². The lowest BCUT2D eigenvalue weighted by Gasteiger charge is -2.47. The molecule has 202 valence electrons. The van der Waals surface area contributed by atoms with E-state index in [9.17, 15) is 9.18 Å². The number of rotatable bonds is 4. The van der Waals surface area contributed by atoms with E-state index in [1.54, 1.807) is 41.9 Å². The summed E-state index contributed by atoms with van der Waals surface area (Å²) >= 11 is 0. The maximum atomic E-state index is 13.9. The van der Waals surface area contributed by atoms with E-state index in [0.29, 0.717) is 41.6 Å². The zero-order valence-corrected chi connectivity index (χ0v) is 23.0. The van der Waals surface area contributed by atoms with E-state index in [0.717, 1.165) is 5.56 Å². The van der Waals surface area contributed by atoms with Crippen molar-refractivity contribution >= 4 is 22.5 Å². The number of pyridine rings is 2. The van der Waals surface area contributed by atoms with E-state index in [2.05, 4.69) is 43.7 Å². The number of hydrogen-bond acceptors (Lipinski definition) is 7. The minimum atomic E-state index is -0.374. The van der Waals surface area contributed by atoms with Crippen molar-refractivity contribution in [3.63, 3.8) is 0 Å². The summed E-state index contributed by atoms with van der Waals surface area (Å²) in [6.45, 7) is 18.9. The minimum Gasteiger partial charge on any atom is -0.423 e. The van der Waals surface area contributed by atoms with Crippen LogP contribution in [0, 0.1) is 12.4 Å². The van der Waals surface area contributed by atoms with Crippen molar-refractivity contribution in [3.05, 3.63) is 87.4 Å². The van der Waals surface area contributed by atoms with Gasteiger partial charge in [-0.25, -0.2) is 4.39 Å². The zero-order valence-electron chi connectivity index (χ0n) is 23.0. The average molecular weight is 530 g/mol. The maximum Gasteiger partial charge on any atom is 0.270 e. The molecular weight excluding hydrogens is 497 g/mol. The van der Waals surface area contributed by atoms with Gasteiger partial charge in [-0.15, -0.1) is 15.2 Å². The Morgan fingerprint density at radius 2 is 1.79 bits per heavy atom. The molecule has 0 bridgehead atoms. The average Bonchev–Trinajstić information content (AvgIpc) is 3.40. The van der Waals surface area contributed by atoms with Gasteiger partial charge in [0.1, 0.15) is 11.9 Å². The topological polar surface area (TPSA) is 84.7 Å². The lowest BCUT2D eigenvalue weighted by molar-refractivity contribution is 0.112. The highest BCUT2D eigenvalue weighted by Gasteiger charge is 2.39. The van der Waals surface area contributed by atoms with Crippen molar-refractivity contribution in [2.45, 2.75) is 58.2 Å². The van der Waals surface area contributed by atoms with E-state index in [1.807, 2.05) is 20.8 Å². The van der Waals surface area contributed by atoms with Crippen LogP contribution < -0.4 is 10.5 Å². The first-order valence-electron chi connectivity index (χ1n) is 13.0. The van der Waals surface area contributed by atoms with Crippen LogP contribution in [-0.4, -0.2) is 49.8 Å². The summed E-state index contributed by atoms with van der Waals surface area (Å²) in [5.41, 5.74) is 2.42. The van der Waals surface area contributed by atoms with Crippen LogP contribution in [0.3, 0.4) is 0 Å². The summed E-state index contributed by atoms with van der Waals surface area (Å²) in [7, 11) is 1.71. The highest BCUT2D eigenvalue weighted by atomic mass is 19.1. The highest BCUT2D eigenvalue weighted by molar-refractivity contribution is 5.89. The molecule has 4 aromatic rings. The Labute approximate surface area is 226 Å². The highest BCUT2D eigenvalue weighted by Crippen LogP contribution is 2.36. The Hall–Kier alpha value is -4.10. The number of fused-ring (bicyclic) bond motifs is 1. The number of aromatic nitrogens is 4. The van der Waals surface area contributed by atoms with Crippen molar-refractivity contribution in [1.29, 1.82) is 0 Å². The molecule has 39 heavy (non-hydrogen) atoms. The molecule has 1 fully saturated rings. The molecule has 0 aliphatic carbocycles. The van der Waals surface area contributed by atoms with Crippen molar-refractivity contribution in [2.75, 3.05) is 18.0 Å². The van der Waals surface area contributed by atoms with Crippen molar-refractivity contribution < 1.29 is 8.81 Å². The Bertz CT molecular complexity index is 1610. The molecule has 0 N–H and O–H groups in total. The summed E-state index contributed by atoms with van der Waals surface area (Å²) in [5, 5.41) is 8.75. The van der Waals surface area contributed by atoms with E-state index in [-0.39, 0.29) is 40.7 Å². The van der Waals surface area contributed by atoms with Crippen LogP contribution in [0.1, 0.15) is 58.0 Å². The van der Waals surface area contributed by atoms with Gasteiger partial charge in [0.05, 0.1) is 11.2 Å². The minimum absolute atomic E-state index is 0.00982. The molecule has 1 unspecified atom stereocenters. The molecule has 1 saturated heterocycles. The van der Waals surface area contributed by atoms with Crippen LogP contribution in [0.25, 0.3) is 15.9 Å². The third kappa shape index (κ3) is 4.90. The molecule has 0 spiro atoms. The van der Waals surface area contributed by atoms with Gasteiger partial charge in [0.2, 0.25) is 17.3 Å². The van der Waals surface area contributed by atoms with E-state index in [1.165, 1.54) is 12.1 Å². The molecule has 4 heterocycles. The SMILES string of the molecule is [C-]#[N+]c1ccc2c(n1)c(N1C[C@@H](C)N(C(c3ccc(F)cc3)c3nnc(C(C)(C)C)o3)C[C@@H]1C)cc(=O)n2C. The van der Waals surface area contributed by atoms with Gasteiger partial charge in [-0.05, 0) is 43.7 Å². The zero-order chi connectivity index (χ0) is 28.1. The summed E-state index contributed by atoms with van der Waals surface area (Å²) < 4.78 is 21.6. The number of nitrogens with zero attached hydrogens (tertiary/aromatic N) is 7. The molecule has 0 amide bonds. The lowest BCUT2D eigenvalue weighted by Crippen LogP contribution is -2.57. The smallest absolute Gasteiger partial charge is 0.270 e. The molecule has 0 radical (unpaired) electrons. The second-order valence-electron chi connectivity index (χ2n) is 11.3. The Morgan fingerprint density at radius 3 is 2.44 bits per heavy atom.